The molecule has 0 aromatic heterocycles. The summed E-state index contributed by atoms with van der Waals surface area (Å²) in [5.41, 5.74) is 2.71. The van der Waals surface area contributed by atoms with Crippen molar-refractivity contribution in [2.45, 2.75) is 50.0 Å². The molecule has 2 heteroatoms. The number of benzene rings is 1. The highest BCUT2D eigenvalue weighted by molar-refractivity contribution is 6.20. The summed E-state index contributed by atoms with van der Waals surface area (Å²) < 4.78 is 5.62. The molecule has 0 radical (unpaired) electrons. The second kappa shape index (κ2) is 5.41. The van der Waals surface area contributed by atoms with Crippen molar-refractivity contribution in [2.75, 3.05) is 7.11 Å². The van der Waals surface area contributed by atoms with Crippen LogP contribution in [0, 0.1) is 6.92 Å². The molecule has 0 heterocycles. The Morgan fingerprint density at radius 1 is 1.41 bits per heavy atom. The van der Waals surface area contributed by atoms with E-state index in [0.29, 0.717) is 0 Å². The highest BCUT2D eigenvalue weighted by atomic mass is 35.5. The third kappa shape index (κ3) is 3.23. The zero-order chi connectivity index (χ0) is 12.3. The number of aryl methyl sites for hydroxylation is 1. The van der Waals surface area contributed by atoms with Gasteiger partial charge in [-0.2, -0.15) is 0 Å². The molecule has 2 rings (SSSR count). The van der Waals surface area contributed by atoms with E-state index in [-0.39, 0.29) is 11.0 Å². The van der Waals surface area contributed by atoms with Crippen molar-refractivity contribution in [1.82, 2.24) is 0 Å². The Morgan fingerprint density at radius 3 is 2.71 bits per heavy atom. The van der Waals surface area contributed by atoms with E-state index in [1.54, 1.807) is 0 Å². The fraction of sp³-hybridized carbons (Fsp3) is 0.600. The minimum Gasteiger partial charge on any atom is -0.378 e. The maximum Gasteiger partial charge on any atom is 0.0693 e. The first kappa shape index (κ1) is 12.9. The van der Waals surface area contributed by atoms with Gasteiger partial charge in [0.15, 0.2) is 0 Å². The Balaban J connectivity index is 1.90. The minimum absolute atomic E-state index is 0.0796. The monoisotopic (exact) mass is 252 g/mol. The van der Waals surface area contributed by atoms with Gasteiger partial charge in [-0.25, -0.2) is 0 Å². The maximum absolute atomic E-state index is 6.46. The van der Waals surface area contributed by atoms with Crippen LogP contribution in [0.15, 0.2) is 24.3 Å². The van der Waals surface area contributed by atoms with E-state index in [4.69, 9.17) is 16.3 Å². The lowest BCUT2D eigenvalue weighted by Crippen LogP contribution is -2.41. The van der Waals surface area contributed by atoms with Crippen molar-refractivity contribution in [3.05, 3.63) is 35.4 Å². The van der Waals surface area contributed by atoms with E-state index in [9.17, 15) is 0 Å². The van der Waals surface area contributed by atoms with Crippen LogP contribution in [0.1, 0.15) is 36.8 Å². The number of methoxy groups -OCH3 is 1. The lowest BCUT2D eigenvalue weighted by molar-refractivity contribution is -0.0777. The summed E-state index contributed by atoms with van der Waals surface area (Å²) in [6.07, 6.45) is 5.52. The molecule has 0 saturated heterocycles. The number of hydrogen-bond acceptors (Lipinski definition) is 1. The first-order valence-electron chi connectivity index (χ1n) is 6.38. The van der Waals surface area contributed by atoms with E-state index in [2.05, 4.69) is 31.2 Å². The van der Waals surface area contributed by atoms with E-state index >= 15 is 0 Å². The zero-order valence-corrected chi connectivity index (χ0v) is 11.5. The molecular formula is C15H21ClO. The maximum atomic E-state index is 6.46. The smallest absolute Gasteiger partial charge is 0.0693 e. The fourth-order valence-electron chi connectivity index (χ4n) is 2.63. The molecule has 1 unspecified atom stereocenters. The predicted molar refractivity (Wildman–Crippen MR) is 72.7 cm³/mol. The van der Waals surface area contributed by atoms with Crippen LogP contribution in [-0.4, -0.2) is 18.1 Å². The van der Waals surface area contributed by atoms with Crippen LogP contribution in [0.3, 0.4) is 0 Å². The Kier molecular flexibility index (Phi) is 4.11. The average Bonchev–Trinajstić information content (AvgIpc) is 2.23. The Hall–Kier alpha value is -0.530. The van der Waals surface area contributed by atoms with Gasteiger partial charge in [-0.05, 0) is 44.6 Å². The van der Waals surface area contributed by atoms with Crippen LogP contribution in [0.25, 0.3) is 0 Å². The highest BCUT2D eigenvalue weighted by Gasteiger charge is 2.38. The highest BCUT2D eigenvalue weighted by Crippen LogP contribution is 2.40. The predicted octanol–water partition coefficient (Wildman–Crippen LogP) is 4.10. The Bertz CT molecular complexity index is 365. The summed E-state index contributed by atoms with van der Waals surface area (Å²) in [7, 11) is 1.81. The van der Waals surface area contributed by atoms with E-state index in [1.807, 2.05) is 7.11 Å². The zero-order valence-electron chi connectivity index (χ0n) is 10.7. The van der Waals surface area contributed by atoms with Crippen LogP contribution in [0.5, 0.6) is 0 Å². The molecule has 1 aromatic carbocycles. The summed E-state index contributed by atoms with van der Waals surface area (Å²) in [5.74, 6) is 0. The number of hydrogen-bond donors (Lipinski definition) is 0. The van der Waals surface area contributed by atoms with Crippen molar-refractivity contribution in [3.8, 4) is 0 Å². The first-order chi connectivity index (χ1) is 8.13. The molecule has 0 spiro atoms. The lowest BCUT2D eigenvalue weighted by atomic mass is 9.76. The molecule has 17 heavy (non-hydrogen) atoms. The van der Waals surface area contributed by atoms with E-state index < -0.39 is 0 Å². The molecule has 1 aliphatic carbocycles. The van der Waals surface area contributed by atoms with Gasteiger partial charge < -0.3 is 4.74 Å². The normalized spacial score (nSPS) is 19.7. The average molecular weight is 253 g/mol. The molecule has 0 bridgehead atoms. The summed E-state index contributed by atoms with van der Waals surface area (Å²) in [6, 6.07) is 8.59. The lowest BCUT2D eigenvalue weighted by Gasteiger charge is -2.41. The summed E-state index contributed by atoms with van der Waals surface area (Å²) in [6.45, 7) is 2.12. The van der Waals surface area contributed by atoms with Crippen molar-refractivity contribution in [3.63, 3.8) is 0 Å². The van der Waals surface area contributed by atoms with Gasteiger partial charge in [-0.1, -0.05) is 29.8 Å². The Morgan fingerprint density at radius 2 is 2.18 bits per heavy atom. The molecule has 94 valence electrons. The van der Waals surface area contributed by atoms with Gasteiger partial charge in [0.25, 0.3) is 0 Å². The molecule has 1 saturated carbocycles. The molecule has 1 aliphatic rings. The van der Waals surface area contributed by atoms with Crippen molar-refractivity contribution < 1.29 is 4.74 Å². The third-order valence-corrected chi connectivity index (χ3v) is 4.14. The van der Waals surface area contributed by atoms with Crippen LogP contribution in [0.2, 0.25) is 0 Å². The topological polar surface area (TPSA) is 9.23 Å². The van der Waals surface area contributed by atoms with Gasteiger partial charge >= 0.3 is 0 Å². The quantitative estimate of drug-likeness (QED) is 0.717. The molecule has 1 atom stereocenters. The second-order valence-corrected chi connectivity index (χ2v) is 5.85. The summed E-state index contributed by atoms with van der Waals surface area (Å²) >= 11 is 6.46. The number of alkyl halides is 1. The van der Waals surface area contributed by atoms with Gasteiger partial charge in [-0.15, -0.1) is 11.6 Å². The summed E-state index contributed by atoms with van der Waals surface area (Å²) in [5, 5.41) is 0.178. The summed E-state index contributed by atoms with van der Waals surface area (Å²) in [4.78, 5) is 0. The number of rotatable bonds is 5. The first-order valence-corrected chi connectivity index (χ1v) is 6.82. The second-order valence-electron chi connectivity index (χ2n) is 5.24. The molecule has 1 fully saturated rings. The van der Waals surface area contributed by atoms with Gasteiger partial charge in [0.05, 0.1) is 5.60 Å². The molecule has 0 aliphatic heterocycles. The van der Waals surface area contributed by atoms with Crippen LogP contribution in [-0.2, 0) is 11.2 Å². The number of ether oxygens (including phenoxy) is 1. The van der Waals surface area contributed by atoms with Crippen molar-refractivity contribution >= 4 is 11.6 Å². The molecule has 0 amide bonds. The van der Waals surface area contributed by atoms with Crippen molar-refractivity contribution in [1.29, 1.82) is 0 Å². The molecular weight excluding hydrogens is 232 g/mol. The van der Waals surface area contributed by atoms with Gasteiger partial charge in [0, 0.05) is 12.5 Å². The van der Waals surface area contributed by atoms with E-state index in [0.717, 1.165) is 12.8 Å². The molecule has 1 aromatic rings. The third-order valence-electron chi connectivity index (χ3n) is 3.83. The Labute approximate surface area is 109 Å². The van der Waals surface area contributed by atoms with Gasteiger partial charge in [0.1, 0.15) is 0 Å². The fourth-order valence-corrected chi connectivity index (χ4v) is 3.09. The van der Waals surface area contributed by atoms with Gasteiger partial charge in [0.2, 0.25) is 0 Å². The minimum atomic E-state index is 0.0796. The van der Waals surface area contributed by atoms with Crippen LogP contribution >= 0.6 is 11.6 Å². The largest absolute Gasteiger partial charge is 0.378 e. The van der Waals surface area contributed by atoms with Crippen LogP contribution < -0.4 is 0 Å². The van der Waals surface area contributed by atoms with Gasteiger partial charge in [-0.3, -0.25) is 0 Å². The number of halogens is 1. The van der Waals surface area contributed by atoms with Crippen LogP contribution in [0.4, 0.5) is 0 Å². The molecule has 0 N–H and O–H groups in total. The SMILES string of the molecule is COC1(CC(Cl)Cc2cccc(C)c2)CCC1. The van der Waals surface area contributed by atoms with E-state index in [1.165, 1.54) is 30.4 Å². The van der Waals surface area contributed by atoms with Crippen molar-refractivity contribution in [2.24, 2.45) is 0 Å². The molecule has 1 nitrogen and oxygen atoms in total. The standard InChI is InChI=1S/C15H21ClO/c1-12-5-3-6-13(9-12)10-14(16)11-15(17-2)7-4-8-15/h3,5-6,9,14H,4,7-8,10-11H2,1-2H3.